The summed E-state index contributed by atoms with van der Waals surface area (Å²) in [4.78, 5) is 0. The van der Waals surface area contributed by atoms with E-state index in [1.165, 1.54) is 12.8 Å². The van der Waals surface area contributed by atoms with Gasteiger partial charge in [-0.15, -0.1) is 0 Å². The summed E-state index contributed by atoms with van der Waals surface area (Å²) in [5.41, 5.74) is 1.05. The van der Waals surface area contributed by atoms with E-state index in [0.717, 1.165) is 30.8 Å². The second-order valence-electron chi connectivity index (χ2n) is 5.68. The van der Waals surface area contributed by atoms with Crippen LogP contribution in [0.2, 0.25) is 5.02 Å². The van der Waals surface area contributed by atoms with Gasteiger partial charge in [-0.25, -0.2) is 0 Å². The molecule has 0 aromatic heterocycles. The van der Waals surface area contributed by atoms with E-state index in [1.807, 2.05) is 12.1 Å². The molecule has 120 valence electrons. The van der Waals surface area contributed by atoms with Gasteiger partial charge in [0.15, 0.2) is 11.5 Å². The number of methoxy groups -OCH3 is 1. The van der Waals surface area contributed by atoms with E-state index in [0.29, 0.717) is 23.3 Å². The highest BCUT2D eigenvalue weighted by atomic mass is 35.5. The van der Waals surface area contributed by atoms with Gasteiger partial charge in [0.2, 0.25) is 0 Å². The first-order chi connectivity index (χ1) is 10.1. The fourth-order valence-corrected chi connectivity index (χ4v) is 2.32. The van der Waals surface area contributed by atoms with Crippen molar-refractivity contribution in [2.24, 2.45) is 5.92 Å². The molecular formula is C17H28ClNO2. The second kappa shape index (κ2) is 9.91. The number of halogens is 1. The molecule has 0 spiro atoms. The first-order valence-corrected chi connectivity index (χ1v) is 8.16. The molecule has 0 unspecified atom stereocenters. The van der Waals surface area contributed by atoms with Crippen molar-refractivity contribution < 1.29 is 9.47 Å². The summed E-state index contributed by atoms with van der Waals surface area (Å²) in [5.74, 6) is 2.13. The van der Waals surface area contributed by atoms with Crippen molar-refractivity contribution in [2.75, 3.05) is 20.3 Å². The van der Waals surface area contributed by atoms with Crippen LogP contribution in [0.3, 0.4) is 0 Å². The van der Waals surface area contributed by atoms with Gasteiger partial charge in [-0.2, -0.15) is 0 Å². The van der Waals surface area contributed by atoms with E-state index in [4.69, 9.17) is 21.1 Å². The average Bonchev–Trinajstić information content (AvgIpc) is 2.44. The van der Waals surface area contributed by atoms with Crippen molar-refractivity contribution >= 4 is 11.6 Å². The summed E-state index contributed by atoms with van der Waals surface area (Å²) >= 11 is 6.16. The van der Waals surface area contributed by atoms with Gasteiger partial charge < -0.3 is 14.8 Å². The van der Waals surface area contributed by atoms with Crippen LogP contribution in [0.5, 0.6) is 11.5 Å². The number of rotatable bonds is 10. The van der Waals surface area contributed by atoms with Crippen LogP contribution in [0.4, 0.5) is 0 Å². The Morgan fingerprint density at radius 2 is 2.00 bits per heavy atom. The molecule has 4 heteroatoms. The topological polar surface area (TPSA) is 30.5 Å². The van der Waals surface area contributed by atoms with Crippen LogP contribution < -0.4 is 14.8 Å². The van der Waals surface area contributed by atoms with Crippen molar-refractivity contribution in [3.63, 3.8) is 0 Å². The highest BCUT2D eigenvalue weighted by molar-refractivity contribution is 6.30. The molecule has 0 bridgehead atoms. The average molecular weight is 314 g/mol. The molecule has 0 heterocycles. The Morgan fingerprint density at radius 1 is 1.24 bits per heavy atom. The lowest BCUT2D eigenvalue weighted by Crippen LogP contribution is -2.19. The van der Waals surface area contributed by atoms with Gasteiger partial charge in [-0.05, 0) is 24.9 Å². The summed E-state index contributed by atoms with van der Waals surface area (Å²) in [6, 6.07) is 3.76. The summed E-state index contributed by atoms with van der Waals surface area (Å²) in [5, 5.41) is 4.10. The molecule has 0 aliphatic rings. The Labute approximate surface area is 134 Å². The van der Waals surface area contributed by atoms with Gasteiger partial charge in [0.25, 0.3) is 0 Å². The largest absolute Gasteiger partial charge is 0.493 e. The SMILES string of the molecule is CCCCCOc1c(CNCC(C)C)cc(Cl)cc1OC. The van der Waals surface area contributed by atoms with E-state index in [9.17, 15) is 0 Å². The van der Waals surface area contributed by atoms with Gasteiger partial charge >= 0.3 is 0 Å². The zero-order chi connectivity index (χ0) is 15.7. The van der Waals surface area contributed by atoms with Crippen molar-refractivity contribution in [3.8, 4) is 11.5 Å². The third-order valence-electron chi connectivity index (χ3n) is 3.18. The quantitative estimate of drug-likeness (QED) is 0.637. The van der Waals surface area contributed by atoms with Crippen LogP contribution in [-0.4, -0.2) is 20.3 Å². The maximum atomic E-state index is 6.16. The molecule has 3 nitrogen and oxygen atoms in total. The Bertz CT molecular complexity index is 421. The Balaban J connectivity index is 2.78. The number of hydrogen-bond acceptors (Lipinski definition) is 3. The lowest BCUT2D eigenvalue weighted by molar-refractivity contribution is 0.282. The molecule has 0 saturated carbocycles. The molecule has 0 aliphatic carbocycles. The molecule has 1 rings (SSSR count). The third kappa shape index (κ3) is 6.58. The predicted molar refractivity (Wildman–Crippen MR) is 89.6 cm³/mol. The van der Waals surface area contributed by atoms with Gasteiger partial charge in [0.05, 0.1) is 13.7 Å². The molecule has 21 heavy (non-hydrogen) atoms. The minimum atomic E-state index is 0.611. The summed E-state index contributed by atoms with van der Waals surface area (Å²) < 4.78 is 11.4. The summed E-state index contributed by atoms with van der Waals surface area (Å²) in [6.07, 6.45) is 3.42. The van der Waals surface area contributed by atoms with Crippen molar-refractivity contribution in [1.29, 1.82) is 0 Å². The van der Waals surface area contributed by atoms with Crippen LogP contribution in [0.1, 0.15) is 45.6 Å². The summed E-state index contributed by atoms with van der Waals surface area (Å²) in [7, 11) is 1.65. The molecule has 0 amide bonds. The second-order valence-corrected chi connectivity index (χ2v) is 6.11. The van der Waals surface area contributed by atoms with E-state index < -0.39 is 0 Å². The van der Waals surface area contributed by atoms with Crippen LogP contribution in [-0.2, 0) is 6.54 Å². The van der Waals surface area contributed by atoms with Crippen LogP contribution in [0.15, 0.2) is 12.1 Å². The zero-order valence-corrected chi connectivity index (χ0v) is 14.4. The van der Waals surface area contributed by atoms with Gasteiger partial charge in [0, 0.05) is 23.2 Å². The van der Waals surface area contributed by atoms with E-state index >= 15 is 0 Å². The number of hydrogen-bond donors (Lipinski definition) is 1. The Kier molecular flexibility index (Phi) is 8.55. The van der Waals surface area contributed by atoms with E-state index in [1.54, 1.807) is 7.11 Å². The Hall–Kier alpha value is -0.930. The number of nitrogens with one attached hydrogen (secondary N) is 1. The smallest absolute Gasteiger partial charge is 0.165 e. The van der Waals surface area contributed by atoms with Crippen LogP contribution >= 0.6 is 11.6 Å². The molecule has 0 fully saturated rings. The van der Waals surface area contributed by atoms with Crippen molar-refractivity contribution in [2.45, 2.75) is 46.6 Å². The van der Waals surface area contributed by atoms with Gasteiger partial charge in [-0.1, -0.05) is 45.2 Å². The monoisotopic (exact) mass is 313 g/mol. The number of benzene rings is 1. The van der Waals surface area contributed by atoms with E-state index in [-0.39, 0.29) is 0 Å². The zero-order valence-electron chi connectivity index (χ0n) is 13.7. The summed E-state index contributed by atoms with van der Waals surface area (Å²) in [6.45, 7) is 8.97. The highest BCUT2D eigenvalue weighted by Gasteiger charge is 2.13. The third-order valence-corrected chi connectivity index (χ3v) is 3.40. The first-order valence-electron chi connectivity index (χ1n) is 7.78. The van der Waals surface area contributed by atoms with Gasteiger partial charge in [0.1, 0.15) is 0 Å². The maximum Gasteiger partial charge on any atom is 0.165 e. The fraction of sp³-hybridized carbons (Fsp3) is 0.647. The normalized spacial score (nSPS) is 11.0. The minimum Gasteiger partial charge on any atom is -0.493 e. The molecular weight excluding hydrogens is 286 g/mol. The lowest BCUT2D eigenvalue weighted by atomic mass is 10.1. The molecule has 0 atom stereocenters. The number of unbranched alkanes of at least 4 members (excludes halogenated alkanes) is 2. The fourth-order valence-electron chi connectivity index (χ4n) is 2.09. The standard InChI is InChI=1S/C17H28ClNO2/c1-5-6-7-8-21-17-14(12-19-11-13(2)3)9-15(18)10-16(17)20-4/h9-10,13,19H,5-8,11-12H2,1-4H3. The molecule has 0 radical (unpaired) electrons. The molecule has 1 aromatic carbocycles. The lowest BCUT2D eigenvalue weighted by Gasteiger charge is -2.17. The molecule has 0 saturated heterocycles. The molecule has 1 N–H and O–H groups in total. The maximum absolute atomic E-state index is 6.16. The molecule has 0 aliphatic heterocycles. The highest BCUT2D eigenvalue weighted by Crippen LogP contribution is 2.35. The Morgan fingerprint density at radius 3 is 2.62 bits per heavy atom. The number of ether oxygens (including phenoxy) is 2. The van der Waals surface area contributed by atoms with Crippen LogP contribution in [0, 0.1) is 5.92 Å². The van der Waals surface area contributed by atoms with Crippen molar-refractivity contribution in [1.82, 2.24) is 5.32 Å². The van der Waals surface area contributed by atoms with Gasteiger partial charge in [-0.3, -0.25) is 0 Å². The minimum absolute atomic E-state index is 0.611. The van der Waals surface area contributed by atoms with Crippen LogP contribution in [0.25, 0.3) is 0 Å². The molecule has 1 aromatic rings. The predicted octanol–water partition coefficient (Wildman–Crippen LogP) is 4.66. The van der Waals surface area contributed by atoms with E-state index in [2.05, 4.69) is 26.1 Å². The van der Waals surface area contributed by atoms with Crippen molar-refractivity contribution in [3.05, 3.63) is 22.7 Å². The first kappa shape index (κ1) is 18.1.